The maximum atomic E-state index is 6.24. The molecule has 0 N–H and O–H groups in total. The van der Waals surface area contributed by atoms with E-state index in [1.165, 1.54) is 5.56 Å². The third-order valence-corrected chi connectivity index (χ3v) is 4.36. The number of hydrogen-bond acceptors (Lipinski definition) is 3. The van der Waals surface area contributed by atoms with Crippen molar-refractivity contribution < 1.29 is 0 Å². The van der Waals surface area contributed by atoms with Gasteiger partial charge in [-0.2, -0.15) is 5.10 Å². The van der Waals surface area contributed by atoms with Crippen LogP contribution in [-0.2, 0) is 6.54 Å². The van der Waals surface area contributed by atoms with Crippen molar-refractivity contribution in [3.63, 3.8) is 0 Å². The first kappa shape index (κ1) is 12.8. The van der Waals surface area contributed by atoms with Gasteiger partial charge in [0.25, 0.3) is 0 Å². The minimum absolute atomic E-state index is 0.492. The van der Waals surface area contributed by atoms with Gasteiger partial charge in [0.2, 0.25) is 0 Å². The summed E-state index contributed by atoms with van der Waals surface area (Å²) in [6.07, 6.45) is 5.69. The predicted octanol–water partition coefficient (Wildman–Crippen LogP) is 3.14. The summed E-state index contributed by atoms with van der Waals surface area (Å²) in [4.78, 5) is 6.90. The average molecular weight is 299 g/mol. The SMILES string of the molecule is Clc1ccc(CN2CC(n3cccn3)C2)c2ncccc12. The van der Waals surface area contributed by atoms with Crippen LogP contribution in [0.4, 0.5) is 0 Å². The number of rotatable bonds is 3. The molecule has 1 aliphatic rings. The lowest BCUT2D eigenvalue weighted by atomic mass is 10.1. The van der Waals surface area contributed by atoms with Gasteiger partial charge in [0, 0.05) is 48.6 Å². The Balaban J connectivity index is 1.53. The van der Waals surface area contributed by atoms with Crippen LogP contribution < -0.4 is 0 Å². The summed E-state index contributed by atoms with van der Waals surface area (Å²) in [6, 6.07) is 10.5. The van der Waals surface area contributed by atoms with Crippen LogP contribution in [-0.4, -0.2) is 32.8 Å². The van der Waals surface area contributed by atoms with E-state index in [9.17, 15) is 0 Å². The summed E-state index contributed by atoms with van der Waals surface area (Å²) in [5, 5.41) is 6.09. The Morgan fingerprint density at radius 1 is 1.14 bits per heavy atom. The number of likely N-dealkylation sites (tertiary alicyclic amines) is 1. The molecule has 4 rings (SSSR count). The van der Waals surface area contributed by atoms with Crippen LogP contribution in [0.3, 0.4) is 0 Å². The maximum Gasteiger partial charge on any atom is 0.0773 e. The number of fused-ring (bicyclic) bond motifs is 1. The molecule has 0 unspecified atom stereocenters. The third-order valence-electron chi connectivity index (χ3n) is 4.03. The number of pyridine rings is 1. The van der Waals surface area contributed by atoms with E-state index in [0.717, 1.165) is 35.6 Å². The molecule has 1 aliphatic heterocycles. The van der Waals surface area contributed by atoms with Crippen molar-refractivity contribution in [3.8, 4) is 0 Å². The minimum Gasteiger partial charge on any atom is -0.295 e. The smallest absolute Gasteiger partial charge is 0.0773 e. The van der Waals surface area contributed by atoms with Crippen LogP contribution >= 0.6 is 11.6 Å². The van der Waals surface area contributed by atoms with E-state index in [2.05, 4.69) is 21.0 Å². The zero-order valence-corrected chi connectivity index (χ0v) is 12.2. The van der Waals surface area contributed by atoms with Gasteiger partial charge in [-0.15, -0.1) is 0 Å². The fourth-order valence-corrected chi connectivity index (χ4v) is 3.12. The van der Waals surface area contributed by atoms with Crippen molar-refractivity contribution in [2.75, 3.05) is 13.1 Å². The van der Waals surface area contributed by atoms with Crippen molar-refractivity contribution in [2.45, 2.75) is 12.6 Å². The van der Waals surface area contributed by atoms with E-state index in [0.29, 0.717) is 6.04 Å². The zero-order chi connectivity index (χ0) is 14.2. The highest BCUT2D eigenvalue weighted by Gasteiger charge is 2.28. The summed E-state index contributed by atoms with van der Waals surface area (Å²) in [6.45, 7) is 2.96. The first-order chi connectivity index (χ1) is 10.3. The van der Waals surface area contributed by atoms with Crippen molar-refractivity contribution in [2.24, 2.45) is 0 Å². The molecule has 0 atom stereocenters. The highest BCUT2D eigenvalue weighted by molar-refractivity contribution is 6.35. The quantitative estimate of drug-likeness (QED) is 0.745. The Labute approximate surface area is 128 Å². The normalized spacial score (nSPS) is 16.2. The predicted molar refractivity (Wildman–Crippen MR) is 83.3 cm³/mol. The molecular weight excluding hydrogens is 284 g/mol. The molecule has 21 heavy (non-hydrogen) atoms. The molecule has 1 saturated heterocycles. The van der Waals surface area contributed by atoms with E-state index < -0.39 is 0 Å². The number of halogens is 1. The molecule has 0 saturated carbocycles. The summed E-state index contributed by atoms with van der Waals surface area (Å²) < 4.78 is 2.04. The van der Waals surface area contributed by atoms with Gasteiger partial charge in [0.15, 0.2) is 0 Å². The number of hydrogen-bond donors (Lipinski definition) is 0. The molecule has 1 aromatic carbocycles. The van der Waals surface area contributed by atoms with Crippen molar-refractivity contribution in [3.05, 3.63) is 59.5 Å². The molecule has 0 spiro atoms. The molecule has 1 fully saturated rings. The van der Waals surface area contributed by atoms with Crippen molar-refractivity contribution in [1.29, 1.82) is 0 Å². The van der Waals surface area contributed by atoms with Gasteiger partial charge < -0.3 is 0 Å². The average Bonchev–Trinajstić information content (AvgIpc) is 2.98. The lowest BCUT2D eigenvalue weighted by molar-refractivity contribution is 0.0913. The largest absolute Gasteiger partial charge is 0.295 e. The van der Waals surface area contributed by atoms with Crippen LogP contribution in [0.15, 0.2) is 48.9 Å². The fraction of sp³-hybridized carbons (Fsp3) is 0.250. The van der Waals surface area contributed by atoms with Crippen LogP contribution in [0.1, 0.15) is 11.6 Å². The highest BCUT2D eigenvalue weighted by atomic mass is 35.5. The summed E-state index contributed by atoms with van der Waals surface area (Å²) in [7, 11) is 0. The van der Waals surface area contributed by atoms with Crippen molar-refractivity contribution >= 4 is 22.5 Å². The molecule has 0 aliphatic carbocycles. The highest BCUT2D eigenvalue weighted by Crippen LogP contribution is 2.28. The third kappa shape index (κ3) is 2.30. The van der Waals surface area contributed by atoms with Gasteiger partial charge in [-0.25, -0.2) is 0 Å². The second-order valence-electron chi connectivity index (χ2n) is 5.44. The molecule has 0 bridgehead atoms. The lowest BCUT2D eigenvalue weighted by Gasteiger charge is -2.39. The fourth-order valence-electron chi connectivity index (χ4n) is 2.90. The van der Waals surface area contributed by atoms with Gasteiger partial charge in [-0.05, 0) is 29.8 Å². The second kappa shape index (κ2) is 5.13. The molecule has 4 nitrogen and oxygen atoms in total. The molecule has 0 radical (unpaired) electrons. The van der Waals surface area contributed by atoms with Crippen LogP contribution in [0.25, 0.3) is 10.9 Å². The molecule has 5 heteroatoms. The Morgan fingerprint density at radius 3 is 2.86 bits per heavy atom. The van der Waals surface area contributed by atoms with Gasteiger partial charge >= 0.3 is 0 Å². The number of benzene rings is 1. The van der Waals surface area contributed by atoms with Gasteiger partial charge in [-0.1, -0.05) is 17.7 Å². The van der Waals surface area contributed by atoms with Crippen LogP contribution in [0.5, 0.6) is 0 Å². The van der Waals surface area contributed by atoms with E-state index >= 15 is 0 Å². The Morgan fingerprint density at radius 2 is 2.05 bits per heavy atom. The summed E-state index contributed by atoms with van der Waals surface area (Å²) >= 11 is 6.24. The summed E-state index contributed by atoms with van der Waals surface area (Å²) in [5.74, 6) is 0. The lowest BCUT2D eigenvalue weighted by Crippen LogP contribution is -2.47. The monoisotopic (exact) mass is 298 g/mol. The molecule has 3 heterocycles. The molecule has 2 aromatic heterocycles. The topological polar surface area (TPSA) is 34.0 Å². The maximum absolute atomic E-state index is 6.24. The second-order valence-corrected chi connectivity index (χ2v) is 5.85. The standard InChI is InChI=1S/C16H15ClN4/c17-15-5-4-12(16-14(15)3-1-6-18-16)9-20-10-13(11-20)21-8-2-7-19-21/h1-8,13H,9-11H2. The van der Waals surface area contributed by atoms with Crippen molar-refractivity contribution in [1.82, 2.24) is 19.7 Å². The van der Waals surface area contributed by atoms with E-state index in [1.54, 1.807) is 0 Å². The van der Waals surface area contributed by atoms with Gasteiger partial charge in [0.1, 0.15) is 0 Å². The Hall–Kier alpha value is -1.91. The van der Waals surface area contributed by atoms with Gasteiger partial charge in [0.05, 0.1) is 11.6 Å². The molecule has 106 valence electrons. The number of aromatic nitrogens is 3. The Bertz CT molecular complexity index is 763. The first-order valence-corrected chi connectivity index (χ1v) is 7.42. The molecule has 3 aromatic rings. The van der Waals surface area contributed by atoms with E-state index in [4.69, 9.17) is 11.6 Å². The van der Waals surface area contributed by atoms with Gasteiger partial charge in [-0.3, -0.25) is 14.6 Å². The summed E-state index contributed by atoms with van der Waals surface area (Å²) in [5.41, 5.74) is 2.24. The Kier molecular flexibility index (Phi) is 3.13. The first-order valence-electron chi connectivity index (χ1n) is 7.05. The zero-order valence-electron chi connectivity index (χ0n) is 11.5. The molecule has 0 amide bonds. The number of nitrogens with zero attached hydrogens (tertiary/aromatic N) is 4. The van der Waals surface area contributed by atoms with E-state index in [1.807, 2.05) is 47.5 Å². The van der Waals surface area contributed by atoms with E-state index in [-0.39, 0.29) is 0 Å². The van der Waals surface area contributed by atoms with Crippen LogP contribution in [0.2, 0.25) is 5.02 Å². The minimum atomic E-state index is 0.492. The molecular formula is C16H15ClN4. The van der Waals surface area contributed by atoms with Crippen LogP contribution in [0, 0.1) is 0 Å².